The molecule has 0 fully saturated rings. The highest BCUT2D eigenvalue weighted by molar-refractivity contribution is 7.10. The lowest BCUT2D eigenvalue weighted by Crippen LogP contribution is -2.25. The average molecular weight is 460 g/mol. The number of rotatable bonds is 9. The van der Waals surface area contributed by atoms with E-state index in [1.165, 1.54) is 17.1 Å². The van der Waals surface area contributed by atoms with Crippen LogP contribution in [-0.2, 0) is 13.0 Å². The van der Waals surface area contributed by atoms with Crippen molar-refractivity contribution < 1.29 is 0 Å². The third-order valence-corrected chi connectivity index (χ3v) is 6.25. The van der Waals surface area contributed by atoms with Crippen LogP contribution in [0, 0.1) is 6.92 Å². The van der Waals surface area contributed by atoms with Crippen LogP contribution in [0.25, 0.3) is 16.9 Å². The molecule has 0 bridgehead atoms. The summed E-state index contributed by atoms with van der Waals surface area (Å²) in [7, 11) is 0. The van der Waals surface area contributed by atoms with Gasteiger partial charge in [0.15, 0.2) is 11.5 Å². The summed E-state index contributed by atoms with van der Waals surface area (Å²) < 4.78 is 6.70. The van der Waals surface area contributed by atoms with E-state index >= 15 is 0 Å². The summed E-state index contributed by atoms with van der Waals surface area (Å²) in [6.07, 6.45) is 12.2. The Hall–Kier alpha value is -3.63. The second kappa shape index (κ2) is 9.47. The number of H-pyrrole nitrogens is 1. The number of aryl methyl sites for hydroxylation is 1. The Bertz CT molecular complexity index is 1330. The number of aromatic nitrogens is 7. The van der Waals surface area contributed by atoms with Gasteiger partial charge in [-0.15, -0.1) is 0 Å². The van der Waals surface area contributed by atoms with Crippen LogP contribution in [0.5, 0.6) is 0 Å². The summed E-state index contributed by atoms with van der Waals surface area (Å²) in [5.74, 6) is 0.713. The van der Waals surface area contributed by atoms with E-state index in [4.69, 9.17) is 0 Å². The molecule has 0 amide bonds. The summed E-state index contributed by atoms with van der Waals surface area (Å²) in [6, 6.07) is 6.24. The van der Waals surface area contributed by atoms with Crippen LogP contribution in [0.3, 0.4) is 0 Å². The molecule has 5 heterocycles. The Morgan fingerprint density at radius 3 is 2.88 bits per heavy atom. The maximum Gasteiger partial charge on any atom is 0.180 e. The number of hydrogen-bond donors (Lipinski definition) is 2. The molecule has 0 saturated carbocycles. The minimum Gasteiger partial charge on any atom is -0.328 e. The lowest BCUT2D eigenvalue weighted by atomic mass is 10.2. The number of fused-ring (bicyclic) bond motifs is 1. The van der Waals surface area contributed by atoms with E-state index in [-0.39, 0.29) is 0 Å². The van der Waals surface area contributed by atoms with Crippen molar-refractivity contribution in [1.82, 2.24) is 38.8 Å². The topological polar surface area (TPSA) is 99.9 Å². The molecule has 0 radical (unpaired) electrons. The highest BCUT2D eigenvalue weighted by Crippen LogP contribution is 2.27. The molecular weight excluding hydrogens is 434 g/mol. The molecule has 0 aromatic carbocycles. The number of aromatic amines is 1. The van der Waals surface area contributed by atoms with Gasteiger partial charge in [0, 0.05) is 43.4 Å². The number of imidazole rings is 1. The molecule has 33 heavy (non-hydrogen) atoms. The molecule has 5 aromatic rings. The molecule has 0 atom stereocenters. The van der Waals surface area contributed by atoms with Crippen LogP contribution >= 0.6 is 11.5 Å². The first-order valence-electron chi connectivity index (χ1n) is 10.9. The van der Waals surface area contributed by atoms with Crippen molar-refractivity contribution in [3.63, 3.8) is 0 Å². The Balaban J connectivity index is 1.30. The van der Waals surface area contributed by atoms with Gasteiger partial charge in [-0.25, -0.2) is 9.97 Å². The van der Waals surface area contributed by atoms with Crippen molar-refractivity contribution in [1.29, 1.82) is 0 Å². The fourth-order valence-electron chi connectivity index (χ4n) is 3.77. The van der Waals surface area contributed by atoms with Crippen molar-refractivity contribution in [3.05, 3.63) is 72.3 Å². The Kier molecular flexibility index (Phi) is 6.09. The smallest absolute Gasteiger partial charge is 0.180 e. The van der Waals surface area contributed by atoms with Crippen LogP contribution < -0.4 is 5.32 Å². The summed E-state index contributed by atoms with van der Waals surface area (Å²) in [6.45, 7) is 6.91. The second-order valence-corrected chi connectivity index (χ2v) is 8.64. The highest BCUT2D eigenvalue weighted by Gasteiger charge is 2.14. The molecule has 0 spiro atoms. The van der Waals surface area contributed by atoms with E-state index < -0.39 is 0 Å². The van der Waals surface area contributed by atoms with Gasteiger partial charge in [-0.05, 0) is 55.2 Å². The summed E-state index contributed by atoms with van der Waals surface area (Å²) >= 11 is 1.44. The lowest BCUT2D eigenvalue weighted by molar-refractivity contribution is 0.281. The molecule has 2 N–H and O–H groups in total. The van der Waals surface area contributed by atoms with Gasteiger partial charge in [0.25, 0.3) is 0 Å². The van der Waals surface area contributed by atoms with Gasteiger partial charge in [0.05, 0.1) is 29.5 Å². The van der Waals surface area contributed by atoms with Crippen molar-refractivity contribution in [2.45, 2.75) is 26.8 Å². The molecule has 0 aliphatic carbocycles. The third kappa shape index (κ3) is 4.76. The zero-order chi connectivity index (χ0) is 22.6. The molecule has 9 nitrogen and oxygen atoms in total. The second-order valence-electron chi connectivity index (χ2n) is 7.84. The molecule has 168 valence electrons. The van der Waals surface area contributed by atoms with Gasteiger partial charge >= 0.3 is 0 Å². The monoisotopic (exact) mass is 459 g/mol. The van der Waals surface area contributed by atoms with Gasteiger partial charge in [-0.3, -0.25) is 19.4 Å². The molecule has 0 unspecified atom stereocenters. The van der Waals surface area contributed by atoms with Gasteiger partial charge in [0.1, 0.15) is 5.00 Å². The first kappa shape index (κ1) is 21.2. The van der Waals surface area contributed by atoms with E-state index in [2.05, 4.69) is 64.9 Å². The van der Waals surface area contributed by atoms with Crippen LogP contribution in [0.4, 0.5) is 10.8 Å². The molecule has 5 aromatic heterocycles. The van der Waals surface area contributed by atoms with E-state index in [9.17, 15) is 0 Å². The summed E-state index contributed by atoms with van der Waals surface area (Å²) in [5.41, 5.74) is 5.94. The average Bonchev–Trinajstić information content (AvgIpc) is 3.58. The fourth-order valence-corrected chi connectivity index (χ4v) is 4.43. The first-order chi connectivity index (χ1) is 16.2. The predicted molar refractivity (Wildman–Crippen MR) is 130 cm³/mol. The van der Waals surface area contributed by atoms with Gasteiger partial charge in [-0.2, -0.15) is 9.47 Å². The van der Waals surface area contributed by atoms with E-state index in [1.54, 1.807) is 6.20 Å². The quantitative estimate of drug-likeness (QED) is 0.342. The summed E-state index contributed by atoms with van der Waals surface area (Å²) in [4.78, 5) is 15.8. The Morgan fingerprint density at radius 1 is 1.21 bits per heavy atom. The lowest BCUT2D eigenvalue weighted by Gasteiger charge is -2.19. The number of hydrogen-bond acceptors (Lipinski definition) is 8. The third-order valence-electron chi connectivity index (χ3n) is 5.51. The highest BCUT2D eigenvalue weighted by atomic mass is 32.1. The largest absolute Gasteiger partial charge is 0.328 e. The van der Waals surface area contributed by atoms with Crippen molar-refractivity contribution >= 4 is 28.0 Å². The normalized spacial score (nSPS) is 11.5. The van der Waals surface area contributed by atoms with Crippen LogP contribution in [0.1, 0.15) is 23.9 Å². The zero-order valence-electron chi connectivity index (χ0n) is 18.6. The van der Waals surface area contributed by atoms with E-state index in [0.717, 1.165) is 59.3 Å². The van der Waals surface area contributed by atoms with Crippen molar-refractivity contribution in [3.8, 4) is 11.3 Å². The fraction of sp³-hybridized carbons (Fsp3) is 0.261. The number of nitrogens with zero attached hydrogens (tertiary/aromatic N) is 7. The maximum atomic E-state index is 4.69. The molecular formula is C23H25N9S. The molecule has 0 saturated heterocycles. The number of pyridine rings is 1. The standard InChI is InChI=1S/C23H25N9S/c1-3-31(9-6-17-4-7-24-8-5-17)15-19-10-21(33-30-19)29-22-23-25-13-20(18-11-26-27-12-18)32(23)14-16(2)28-22/h4-5,7-8,10-14H,3,6,9,15H2,1-2H3,(H,26,27)(H,28,29). The van der Waals surface area contributed by atoms with Crippen LogP contribution in [-0.4, -0.2) is 51.9 Å². The Morgan fingerprint density at radius 2 is 2.09 bits per heavy atom. The molecule has 5 rings (SSSR count). The predicted octanol–water partition coefficient (Wildman–Crippen LogP) is 4.09. The minimum atomic E-state index is 0.713. The Labute approximate surface area is 195 Å². The van der Waals surface area contributed by atoms with Gasteiger partial charge in [0.2, 0.25) is 0 Å². The summed E-state index contributed by atoms with van der Waals surface area (Å²) in [5, 5.41) is 11.3. The van der Waals surface area contributed by atoms with Gasteiger partial charge < -0.3 is 5.32 Å². The maximum absolute atomic E-state index is 4.69. The van der Waals surface area contributed by atoms with Gasteiger partial charge in [-0.1, -0.05) is 6.92 Å². The number of nitrogens with one attached hydrogen (secondary N) is 2. The van der Waals surface area contributed by atoms with Crippen molar-refractivity contribution in [2.24, 2.45) is 0 Å². The molecule has 0 aliphatic heterocycles. The van der Waals surface area contributed by atoms with Crippen LogP contribution in [0.15, 0.2) is 55.4 Å². The molecule has 0 aliphatic rings. The number of likely N-dealkylation sites (N-methyl/N-ethyl adjacent to an activating group) is 1. The molecule has 10 heteroatoms. The minimum absolute atomic E-state index is 0.713. The van der Waals surface area contributed by atoms with E-state index in [1.807, 2.05) is 42.3 Å². The first-order valence-corrected chi connectivity index (χ1v) is 11.6. The van der Waals surface area contributed by atoms with Crippen molar-refractivity contribution in [2.75, 3.05) is 18.4 Å². The zero-order valence-corrected chi connectivity index (χ0v) is 19.4. The number of anilines is 2. The van der Waals surface area contributed by atoms with E-state index in [0.29, 0.717) is 5.82 Å². The SMILES string of the molecule is CCN(CCc1ccncc1)Cc1cc(Nc2nc(C)cn3c(-c4cn[nH]c4)cnc23)sn1. The van der Waals surface area contributed by atoms with Crippen LogP contribution in [0.2, 0.25) is 0 Å².